The Morgan fingerprint density at radius 1 is 1.11 bits per heavy atom. The van der Waals surface area contributed by atoms with Gasteiger partial charge in [0, 0.05) is 6.42 Å². The minimum Gasteiger partial charge on any atom is -0.393 e. The topological polar surface area (TPSA) is 86.2 Å². The number of aromatic amines is 1. The van der Waals surface area contributed by atoms with Crippen LogP contribution in [0.3, 0.4) is 0 Å². The van der Waals surface area contributed by atoms with Crippen LogP contribution in [0.5, 0.6) is 0 Å². The first-order chi connectivity index (χ1) is 17.6. The molecule has 0 amide bonds. The van der Waals surface area contributed by atoms with E-state index in [4.69, 9.17) is 0 Å². The van der Waals surface area contributed by atoms with E-state index in [0.29, 0.717) is 53.3 Å². The maximum Gasteiger partial charge on any atom is 0.261 e. The standard InChI is InChI=1S/C31H43FN2O3/c1-17(7-12-27-33-25-6-4-5-24(32)28(25)29(37)34-27)21-10-11-22-20-9-8-18-15-19(35)13-14-30(18,2)23(20)16-26(36)31(21,22)3/h4-6,17-23,26,35-36H,7-16H2,1-3H3,(H,33,34,37)/t17-,18-,19-,20+,21-,22+,23?,26+,30+,31-/m1/s1. The number of H-pyrrole nitrogens is 1. The normalized spacial score (nSPS) is 42.2. The zero-order chi connectivity index (χ0) is 26.1. The fourth-order valence-corrected chi connectivity index (χ4v) is 10.0. The van der Waals surface area contributed by atoms with Gasteiger partial charge in [0.15, 0.2) is 0 Å². The summed E-state index contributed by atoms with van der Waals surface area (Å²) < 4.78 is 14.1. The highest BCUT2D eigenvalue weighted by Gasteiger charge is 2.63. The first-order valence-electron chi connectivity index (χ1n) is 14.7. The molecule has 6 heteroatoms. The van der Waals surface area contributed by atoms with Gasteiger partial charge in [0.05, 0.1) is 17.7 Å². The van der Waals surface area contributed by atoms with Crippen LogP contribution in [-0.4, -0.2) is 32.4 Å². The Balaban J connectivity index is 1.19. The van der Waals surface area contributed by atoms with Crippen molar-refractivity contribution in [1.29, 1.82) is 0 Å². The second kappa shape index (κ2) is 9.15. The third-order valence-corrected chi connectivity index (χ3v) is 12.1. The second-order valence-corrected chi connectivity index (χ2v) is 13.5. The Kier molecular flexibility index (Phi) is 6.30. The summed E-state index contributed by atoms with van der Waals surface area (Å²) >= 11 is 0. The quantitative estimate of drug-likeness (QED) is 0.498. The van der Waals surface area contributed by atoms with Crippen molar-refractivity contribution in [1.82, 2.24) is 9.97 Å². The van der Waals surface area contributed by atoms with Gasteiger partial charge in [-0.05, 0) is 116 Å². The average Bonchev–Trinajstić information content (AvgIpc) is 3.22. The molecule has 37 heavy (non-hydrogen) atoms. The molecule has 4 saturated carbocycles. The van der Waals surface area contributed by atoms with Crippen LogP contribution in [0.2, 0.25) is 0 Å². The zero-order valence-corrected chi connectivity index (χ0v) is 22.5. The van der Waals surface area contributed by atoms with Gasteiger partial charge in [-0.2, -0.15) is 0 Å². The van der Waals surface area contributed by atoms with E-state index in [1.165, 1.54) is 25.3 Å². The van der Waals surface area contributed by atoms with Crippen LogP contribution in [0.4, 0.5) is 4.39 Å². The predicted molar refractivity (Wildman–Crippen MR) is 142 cm³/mol. The summed E-state index contributed by atoms with van der Waals surface area (Å²) in [7, 11) is 0. The SMILES string of the molecule is C[C@H](CCc1nc2cccc(F)c2c(=O)[nH]1)[C@H]1CC[C@H]2[C@@H]3CC[C@@H]4C[C@H](O)CC[C@]4(C)C3C[C@H](O)[C@]12C. The molecule has 6 rings (SSSR count). The summed E-state index contributed by atoms with van der Waals surface area (Å²) in [5.74, 6) is 3.31. The Labute approximate surface area is 219 Å². The summed E-state index contributed by atoms with van der Waals surface area (Å²) in [5, 5.41) is 22.1. The van der Waals surface area contributed by atoms with Crippen LogP contribution in [0, 0.1) is 52.2 Å². The van der Waals surface area contributed by atoms with Crippen molar-refractivity contribution in [3.05, 3.63) is 40.2 Å². The van der Waals surface area contributed by atoms with Crippen LogP contribution in [0.25, 0.3) is 10.9 Å². The molecule has 1 aromatic carbocycles. The van der Waals surface area contributed by atoms with Crippen molar-refractivity contribution in [2.75, 3.05) is 0 Å². The van der Waals surface area contributed by atoms with Gasteiger partial charge in [-0.1, -0.05) is 26.8 Å². The number of fused-ring (bicyclic) bond motifs is 6. The minimum atomic E-state index is -0.534. The Morgan fingerprint density at radius 2 is 1.92 bits per heavy atom. The minimum absolute atomic E-state index is 0.0289. The van der Waals surface area contributed by atoms with Crippen LogP contribution >= 0.6 is 0 Å². The summed E-state index contributed by atoms with van der Waals surface area (Å²) in [6.07, 6.45) is 9.73. The maximum absolute atomic E-state index is 14.1. The molecule has 4 aliphatic rings. The third-order valence-electron chi connectivity index (χ3n) is 12.1. The Bertz CT molecular complexity index is 1230. The molecule has 2 aromatic rings. The van der Waals surface area contributed by atoms with Gasteiger partial charge in [0.2, 0.25) is 0 Å². The molecule has 202 valence electrons. The van der Waals surface area contributed by atoms with Crippen molar-refractivity contribution in [3.8, 4) is 0 Å². The van der Waals surface area contributed by atoms with E-state index in [9.17, 15) is 19.4 Å². The lowest BCUT2D eigenvalue weighted by Crippen LogP contribution is -2.58. The highest BCUT2D eigenvalue weighted by atomic mass is 19.1. The fourth-order valence-electron chi connectivity index (χ4n) is 10.0. The van der Waals surface area contributed by atoms with Gasteiger partial charge < -0.3 is 15.2 Å². The monoisotopic (exact) mass is 510 g/mol. The van der Waals surface area contributed by atoms with Gasteiger partial charge in [-0.25, -0.2) is 9.37 Å². The van der Waals surface area contributed by atoms with Crippen molar-refractivity contribution in [2.24, 2.45) is 46.3 Å². The molecule has 4 fully saturated rings. The number of aromatic nitrogens is 2. The average molecular weight is 511 g/mol. The fraction of sp³-hybridized carbons (Fsp3) is 0.742. The van der Waals surface area contributed by atoms with E-state index in [2.05, 4.69) is 30.7 Å². The number of hydrogen-bond acceptors (Lipinski definition) is 4. The number of aliphatic hydroxyl groups is 2. The molecule has 0 aliphatic heterocycles. The van der Waals surface area contributed by atoms with Gasteiger partial charge in [-0.15, -0.1) is 0 Å². The number of aliphatic hydroxyl groups excluding tert-OH is 2. The van der Waals surface area contributed by atoms with Crippen molar-refractivity contribution in [2.45, 2.75) is 97.2 Å². The van der Waals surface area contributed by atoms with Gasteiger partial charge in [0.25, 0.3) is 5.56 Å². The molecule has 1 aromatic heterocycles. The molecule has 0 bridgehead atoms. The zero-order valence-electron chi connectivity index (χ0n) is 22.5. The van der Waals surface area contributed by atoms with E-state index in [0.717, 1.165) is 38.5 Å². The number of nitrogens with zero attached hydrogens (tertiary/aromatic N) is 1. The number of benzene rings is 1. The Hall–Kier alpha value is -1.79. The summed E-state index contributed by atoms with van der Waals surface area (Å²) in [6.45, 7) is 7.13. The van der Waals surface area contributed by atoms with E-state index in [-0.39, 0.29) is 28.4 Å². The number of rotatable bonds is 4. The van der Waals surface area contributed by atoms with Crippen LogP contribution < -0.4 is 5.56 Å². The van der Waals surface area contributed by atoms with Gasteiger partial charge in [0.1, 0.15) is 17.0 Å². The van der Waals surface area contributed by atoms with Crippen LogP contribution in [0.1, 0.15) is 84.4 Å². The van der Waals surface area contributed by atoms with E-state index in [1.807, 2.05) is 0 Å². The third kappa shape index (κ3) is 3.92. The smallest absolute Gasteiger partial charge is 0.261 e. The lowest BCUT2D eigenvalue weighted by atomic mass is 9.43. The van der Waals surface area contributed by atoms with Gasteiger partial charge >= 0.3 is 0 Å². The maximum atomic E-state index is 14.1. The molecule has 3 N–H and O–H groups in total. The van der Waals surface area contributed by atoms with Crippen molar-refractivity contribution < 1.29 is 14.6 Å². The van der Waals surface area contributed by atoms with E-state index < -0.39 is 11.4 Å². The highest BCUT2D eigenvalue weighted by Crippen LogP contribution is 2.68. The molecule has 5 nitrogen and oxygen atoms in total. The summed E-state index contributed by atoms with van der Waals surface area (Å²) in [5.41, 5.74) is 0.172. The summed E-state index contributed by atoms with van der Waals surface area (Å²) in [4.78, 5) is 19.9. The Morgan fingerprint density at radius 3 is 2.73 bits per heavy atom. The molecule has 4 aliphatic carbocycles. The predicted octanol–water partition coefficient (Wildman–Crippen LogP) is 5.62. The number of hydrogen-bond donors (Lipinski definition) is 3. The van der Waals surface area contributed by atoms with Crippen LogP contribution in [0.15, 0.2) is 23.0 Å². The molecule has 10 atom stereocenters. The number of aryl methyl sites for hydroxylation is 1. The molecule has 0 spiro atoms. The van der Waals surface area contributed by atoms with E-state index in [1.54, 1.807) is 12.1 Å². The molecule has 0 radical (unpaired) electrons. The second-order valence-electron chi connectivity index (χ2n) is 13.5. The molecule has 1 heterocycles. The first kappa shape index (κ1) is 25.5. The molecular weight excluding hydrogens is 467 g/mol. The lowest BCUT2D eigenvalue weighted by molar-refractivity contribution is -0.174. The van der Waals surface area contributed by atoms with Crippen LogP contribution in [-0.2, 0) is 6.42 Å². The van der Waals surface area contributed by atoms with Crippen molar-refractivity contribution >= 4 is 10.9 Å². The van der Waals surface area contributed by atoms with E-state index >= 15 is 0 Å². The van der Waals surface area contributed by atoms with Gasteiger partial charge in [-0.3, -0.25) is 4.79 Å². The molecule has 0 saturated heterocycles. The first-order valence-corrected chi connectivity index (χ1v) is 14.7. The molecule has 1 unspecified atom stereocenters. The highest BCUT2D eigenvalue weighted by molar-refractivity contribution is 5.77. The molecular formula is C31H43FN2O3. The number of nitrogens with one attached hydrogen (secondary N) is 1. The summed E-state index contributed by atoms with van der Waals surface area (Å²) in [6, 6.07) is 4.58. The number of halogens is 1. The van der Waals surface area contributed by atoms with Crippen molar-refractivity contribution in [3.63, 3.8) is 0 Å². The lowest BCUT2D eigenvalue weighted by Gasteiger charge is -2.62. The largest absolute Gasteiger partial charge is 0.393 e.